The lowest BCUT2D eigenvalue weighted by atomic mass is 10.2. The van der Waals surface area contributed by atoms with Gasteiger partial charge in [-0.2, -0.15) is 0 Å². The van der Waals surface area contributed by atoms with Crippen molar-refractivity contribution in [1.29, 1.82) is 0 Å². The van der Waals surface area contributed by atoms with Gasteiger partial charge in [0, 0.05) is 44.6 Å². The molecule has 2 heterocycles. The molecule has 3 N–H and O–H groups in total. The van der Waals surface area contributed by atoms with Crippen LogP contribution in [0.2, 0.25) is 0 Å². The smallest absolute Gasteiger partial charge is 0.250 e. The highest BCUT2D eigenvalue weighted by Gasteiger charge is 2.28. The predicted molar refractivity (Wildman–Crippen MR) is 80.0 cm³/mol. The molecule has 1 unspecified atom stereocenters. The number of likely N-dealkylation sites (N-methyl/N-ethyl adjacent to an activating group) is 1. The van der Waals surface area contributed by atoms with Crippen LogP contribution in [0.3, 0.4) is 0 Å². The highest BCUT2D eigenvalue weighted by molar-refractivity contribution is 5.81. The molecule has 1 saturated heterocycles. The van der Waals surface area contributed by atoms with Gasteiger partial charge in [0.1, 0.15) is 6.04 Å². The minimum Gasteiger partial charge on any atom is -0.398 e. The third-order valence-corrected chi connectivity index (χ3v) is 3.64. The van der Waals surface area contributed by atoms with Crippen LogP contribution in [0, 0.1) is 0 Å². The van der Waals surface area contributed by atoms with Crippen molar-refractivity contribution in [2.75, 3.05) is 39.1 Å². The Morgan fingerprint density at radius 3 is 3.05 bits per heavy atom. The van der Waals surface area contributed by atoms with Gasteiger partial charge in [0.15, 0.2) is 0 Å². The van der Waals surface area contributed by atoms with Crippen LogP contribution in [0.25, 0.3) is 0 Å². The summed E-state index contributed by atoms with van der Waals surface area (Å²) in [6, 6.07) is 2.82. The molecule has 116 valence electrons. The number of hydrogen-bond donors (Lipinski definition) is 2. The van der Waals surface area contributed by atoms with E-state index in [-0.39, 0.29) is 17.5 Å². The molecule has 21 heavy (non-hydrogen) atoms. The van der Waals surface area contributed by atoms with Crippen LogP contribution < -0.4 is 16.6 Å². The Morgan fingerprint density at radius 2 is 2.29 bits per heavy atom. The molecule has 1 aliphatic heterocycles. The fraction of sp³-hybridized carbons (Fsp3) is 0.571. The van der Waals surface area contributed by atoms with Crippen LogP contribution in [-0.4, -0.2) is 54.8 Å². The molecule has 7 heteroatoms. The second-order valence-corrected chi connectivity index (χ2v) is 5.09. The van der Waals surface area contributed by atoms with E-state index in [2.05, 4.69) is 10.2 Å². The SMILES string of the molecule is CNC(=O)C1COCCN1CCCn1cc(N)ccc1=O. The summed E-state index contributed by atoms with van der Waals surface area (Å²) in [4.78, 5) is 25.6. The summed E-state index contributed by atoms with van der Waals surface area (Å²) < 4.78 is 6.96. The molecule has 1 fully saturated rings. The molecule has 0 aliphatic carbocycles. The van der Waals surface area contributed by atoms with E-state index in [0.717, 1.165) is 19.5 Å². The van der Waals surface area contributed by atoms with Crippen molar-refractivity contribution in [3.8, 4) is 0 Å². The molecule has 1 aromatic heterocycles. The largest absolute Gasteiger partial charge is 0.398 e. The van der Waals surface area contributed by atoms with Gasteiger partial charge in [-0.3, -0.25) is 14.5 Å². The Bertz CT molecular complexity index is 543. The second-order valence-electron chi connectivity index (χ2n) is 5.09. The number of hydrogen-bond acceptors (Lipinski definition) is 5. The topological polar surface area (TPSA) is 89.6 Å². The normalized spacial score (nSPS) is 19.4. The number of carbonyl (C=O) groups is 1. The van der Waals surface area contributed by atoms with Crippen LogP contribution in [0.1, 0.15) is 6.42 Å². The first kappa shape index (κ1) is 15.5. The molecule has 0 bridgehead atoms. The van der Waals surface area contributed by atoms with E-state index < -0.39 is 0 Å². The quantitative estimate of drug-likeness (QED) is 0.747. The molecule has 0 saturated carbocycles. The molecule has 1 amide bonds. The maximum Gasteiger partial charge on any atom is 0.250 e. The predicted octanol–water partition coefficient (Wildman–Crippen LogP) is -0.733. The van der Waals surface area contributed by atoms with Crippen LogP contribution >= 0.6 is 0 Å². The number of pyridine rings is 1. The lowest BCUT2D eigenvalue weighted by Gasteiger charge is -2.34. The summed E-state index contributed by atoms with van der Waals surface area (Å²) in [5, 5.41) is 2.66. The van der Waals surface area contributed by atoms with Crippen molar-refractivity contribution in [2.45, 2.75) is 19.0 Å². The standard InChI is InChI=1S/C14H22N4O3/c1-16-14(20)12-10-21-8-7-17(12)5-2-6-18-9-11(15)3-4-13(18)19/h3-4,9,12H,2,5-8,10,15H2,1H3,(H,16,20). The summed E-state index contributed by atoms with van der Waals surface area (Å²) >= 11 is 0. The number of rotatable bonds is 5. The zero-order valence-corrected chi connectivity index (χ0v) is 12.2. The lowest BCUT2D eigenvalue weighted by Crippen LogP contribution is -2.53. The minimum atomic E-state index is -0.249. The first-order valence-electron chi connectivity index (χ1n) is 7.11. The Kier molecular flexibility index (Phi) is 5.35. The van der Waals surface area contributed by atoms with E-state index in [1.165, 1.54) is 6.07 Å². The first-order valence-corrected chi connectivity index (χ1v) is 7.11. The van der Waals surface area contributed by atoms with Crippen molar-refractivity contribution in [3.63, 3.8) is 0 Å². The van der Waals surface area contributed by atoms with Gasteiger partial charge in [-0.05, 0) is 12.5 Å². The summed E-state index contributed by atoms with van der Waals surface area (Å²) in [7, 11) is 1.63. The maximum absolute atomic E-state index is 11.8. The lowest BCUT2D eigenvalue weighted by molar-refractivity contribution is -0.132. The Hall–Kier alpha value is -1.86. The number of anilines is 1. The van der Waals surface area contributed by atoms with Gasteiger partial charge in [-0.15, -0.1) is 0 Å². The van der Waals surface area contributed by atoms with Gasteiger partial charge >= 0.3 is 0 Å². The number of aryl methyl sites for hydroxylation is 1. The third kappa shape index (κ3) is 4.05. The van der Waals surface area contributed by atoms with Crippen molar-refractivity contribution in [3.05, 3.63) is 28.7 Å². The molecule has 0 spiro atoms. The fourth-order valence-corrected chi connectivity index (χ4v) is 2.48. The molecule has 2 rings (SSSR count). The Balaban J connectivity index is 1.90. The van der Waals surface area contributed by atoms with Crippen LogP contribution in [0.5, 0.6) is 0 Å². The molecular weight excluding hydrogens is 272 g/mol. The molecule has 0 aromatic carbocycles. The van der Waals surface area contributed by atoms with Gasteiger partial charge in [-0.25, -0.2) is 0 Å². The van der Waals surface area contributed by atoms with Gasteiger partial charge < -0.3 is 20.4 Å². The number of nitrogens with zero attached hydrogens (tertiary/aromatic N) is 2. The van der Waals surface area contributed by atoms with E-state index >= 15 is 0 Å². The molecule has 7 nitrogen and oxygen atoms in total. The van der Waals surface area contributed by atoms with Crippen LogP contribution in [-0.2, 0) is 16.1 Å². The van der Waals surface area contributed by atoms with E-state index in [0.29, 0.717) is 25.4 Å². The molecular formula is C14H22N4O3. The number of ether oxygens (including phenoxy) is 1. The number of nitrogens with two attached hydrogens (primary N) is 1. The molecule has 0 radical (unpaired) electrons. The molecule has 1 aliphatic rings. The van der Waals surface area contributed by atoms with Crippen molar-refractivity contribution >= 4 is 11.6 Å². The van der Waals surface area contributed by atoms with Gasteiger partial charge in [0.05, 0.1) is 13.2 Å². The average Bonchev–Trinajstić information content (AvgIpc) is 2.50. The number of carbonyl (C=O) groups excluding carboxylic acids is 1. The number of nitrogens with one attached hydrogen (secondary N) is 1. The van der Waals surface area contributed by atoms with E-state index in [4.69, 9.17) is 10.5 Å². The first-order chi connectivity index (χ1) is 10.1. The zero-order chi connectivity index (χ0) is 15.2. The van der Waals surface area contributed by atoms with E-state index in [9.17, 15) is 9.59 Å². The number of morpholine rings is 1. The van der Waals surface area contributed by atoms with Crippen LogP contribution in [0.15, 0.2) is 23.1 Å². The summed E-state index contributed by atoms with van der Waals surface area (Å²) in [5.74, 6) is -0.0316. The highest BCUT2D eigenvalue weighted by atomic mass is 16.5. The fourth-order valence-electron chi connectivity index (χ4n) is 2.48. The Labute approximate surface area is 123 Å². The van der Waals surface area contributed by atoms with Gasteiger partial charge in [-0.1, -0.05) is 0 Å². The maximum atomic E-state index is 11.8. The molecule has 1 aromatic rings. The van der Waals surface area contributed by atoms with Gasteiger partial charge in [0.25, 0.3) is 5.56 Å². The van der Waals surface area contributed by atoms with Gasteiger partial charge in [0.2, 0.25) is 5.91 Å². The van der Waals surface area contributed by atoms with E-state index in [1.54, 1.807) is 23.9 Å². The highest BCUT2D eigenvalue weighted by Crippen LogP contribution is 2.08. The second kappa shape index (κ2) is 7.24. The number of amides is 1. The summed E-state index contributed by atoms with van der Waals surface area (Å²) in [5.41, 5.74) is 6.19. The zero-order valence-electron chi connectivity index (χ0n) is 12.2. The monoisotopic (exact) mass is 294 g/mol. The minimum absolute atomic E-state index is 0.0316. The van der Waals surface area contributed by atoms with Crippen molar-refractivity contribution in [2.24, 2.45) is 0 Å². The van der Waals surface area contributed by atoms with Crippen LogP contribution in [0.4, 0.5) is 5.69 Å². The van der Waals surface area contributed by atoms with Crippen molar-refractivity contribution in [1.82, 2.24) is 14.8 Å². The average molecular weight is 294 g/mol. The van der Waals surface area contributed by atoms with Crippen molar-refractivity contribution < 1.29 is 9.53 Å². The molecule has 1 atom stereocenters. The summed E-state index contributed by atoms with van der Waals surface area (Å²) in [6.07, 6.45) is 2.43. The van der Waals surface area contributed by atoms with E-state index in [1.807, 2.05) is 0 Å². The third-order valence-electron chi connectivity index (χ3n) is 3.64. The number of nitrogen functional groups attached to an aromatic ring is 1. The number of aromatic nitrogens is 1. The Morgan fingerprint density at radius 1 is 1.48 bits per heavy atom. The summed E-state index contributed by atoms with van der Waals surface area (Å²) in [6.45, 7) is 3.10.